The molecule has 6 heteroatoms. The van der Waals surface area contributed by atoms with Crippen molar-refractivity contribution in [3.63, 3.8) is 0 Å². The van der Waals surface area contributed by atoms with Gasteiger partial charge < -0.3 is 5.32 Å². The number of hydrogen-bond donors (Lipinski definition) is 1. The molecule has 88 valence electrons. The number of rotatable bonds is 5. The van der Waals surface area contributed by atoms with Gasteiger partial charge in [0.15, 0.2) is 0 Å². The predicted octanol–water partition coefficient (Wildman–Crippen LogP) is 1.73. The quantitative estimate of drug-likeness (QED) is 0.363. The fourth-order valence-electron chi connectivity index (χ4n) is 1.17. The van der Waals surface area contributed by atoms with Crippen LogP contribution in [-0.2, 0) is 4.79 Å². The molecule has 0 saturated heterocycles. The maximum absolute atomic E-state index is 11.4. The standard InChI is InChI=1S/C11H11N3O3/c1-2-3-4-5-11(15)13-9-6-10(14(16)17)8-12-7-9/h1,6-8H,3-5H2,(H,13,15). The summed E-state index contributed by atoms with van der Waals surface area (Å²) >= 11 is 0. The van der Waals surface area contributed by atoms with Crippen LogP contribution in [0.1, 0.15) is 19.3 Å². The van der Waals surface area contributed by atoms with Crippen LogP contribution >= 0.6 is 0 Å². The van der Waals surface area contributed by atoms with Gasteiger partial charge >= 0.3 is 0 Å². The summed E-state index contributed by atoms with van der Waals surface area (Å²) in [4.78, 5) is 25.0. The smallest absolute Gasteiger partial charge is 0.289 e. The zero-order valence-electron chi connectivity index (χ0n) is 9.05. The lowest BCUT2D eigenvalue weighted by Gasteiger charge is -2.03. The molecule has 1 N–H and O–H groups in total. The lowest BCUT2D eigenvalue weighted by Crippen LogP contribution is -2.11. The topological polar surface area (TPSA) is 85.1 Å². The van der Waals surface area contributed by atoms with E-state index in [1.165, 1.54) is 12.3 Å². The van der Waals surface area contributed by atoms with E-state index < -0.39 is 4.92 Å². The van der Waals surface area contributed by atoms with Crippen molar-refractivity contribution >= 4 is 17.3 Å². The normalized spacial score (nSPS) is 9.35. The molecular weight excluding hydrogens is 222 g/mol. The van der Waals surface area contributed by atoms with Gasteiger partial charge in [-0.15, -0.1) is 12.3 Å². The average Bonchev–Trinajstić information content (AvgIpc) is 2.29. The summed E-state index contributed by atoms with van der Waals surface area (Å²) in [5.41, 5.74) is 0.149. The van der Waals surface area contributed by atoms with Crippen molar-refractivity contribution in [2.24, 2.45) is 0 Å². The van der Waals surface area contributed by atoms with E-state index in [0.717, 1.165) is 6.20 Å². The van der Waals surface area contributed by atoms with Crippen LogP contribution < -0.4 is 5.32 Å². The maximum Gasteiger partial charge on any atom is 0.289 e. The van der Waals surface area contributed by atoms with Crippen LogP contribution in [0, 0.1) is 22.5 Å². The van der Waals surface area contributed by atoms with E-state index in [-0.39, 0.29) is 18.0 Å². The molecule has 1 aromatic heterocycles. The van der Waals surface area contributed by atoms with Crippen molar-refractivity contribution in [3.05, 3.63) is 28.6 Å². The number of unbranched alkanes of at least 4 members (excludes halogenated alkanes) is 1. The molecular formula is C11H11N3O3. The number of aromatic nitrogens is 1. The largest absolute Gasteiger partial charge is 0.325 e. The Labute approximate surface area is 98.2 Å². The molecule has 0 spiro atoms. The van der Waals surface area contributed by atoms with Gasteiger partial charge in [0, 0.05) is 18.9 Å². The molecule has 0 aliphatic heterocycles. The number of hydrogen-bond acceptors (Lipinski definition) is 4. The van der Waals surface area contributed by atoms with Crippen molar-refractivity contribution in [3.8, 4) is 12.3 Å². The number of nitrogens with one attached hydrogen (secondary N) is 1. The Morgan fingerprint density at radius 3 is 3.00 bits per heavy atom. The van der Waals surface area contributed by atoms with Crippen molar-refractivity contribution in [1.29, 1.82) is 0 Å². The van der Waals surface area contributed by atoms with Gasteiger partial charge in [-0.2, -0.15) is 0 Å². The number of terminal acetylenes is 1. The highest BCUT2D eigenvalue weighted by Gasteiger charge is 2.08. The summed E-state index contributed by atoms with van der Waals surface area (Å²) < 4.78 is 0. The SMILES string of the molecule is C#CCCCC(=O)Nc1cncc([N+](=O)[O-])c1. The first-order valence-corrected chi connectivity index (χ1v) is 4.96. The van der Waals surface area contributed by atoms with E-state index in [1.54, 1.807) is 0 Å². The molecule has 0 saturated carbocycles. The zero-order chi connectivity index (χ0) is 12.7. The third-order valence-electron chi connectivity index (χ3n) is 1.94. The lowest BCUT2D eigenvalue weighted by atomic mass is 10.2. The second kappa shape index (κ2) is 6.23. The summed E-state index contributed by atoms with van der Waals surface area (Å²) in [6.45, 7) is 0. The maximum atomic E-state index is 11.4. The summed E-state index contributed by atoms with van der Waals surface area (Å²) in [6, 6.07) is 1.26. The van der Waals surface area contributed by atoms with E-state index in [9.17, 15) is 14.9 Å². The van der Waals surface area contributed by atoms with E-state index in [4.69, 9.17) is 6.42 Å². The molecule has 1 heterocycles. The Hall–Kier alpha value is -2.42. The highest BCUT2D eigenvalue weighted by molar-refractivity contribution is 5.90. The molecule has 1 aromatic rings. The molecule has 0 aliphatic carbocycles. The predicted molar refractivity (Wildman–Crippen MR) is 62.2 cm³/mol. The van der Waals surface area contributed by atoms with Crippen LogP contribution in [0.25, 0.3) is 0 Å². The lowest BCUT2D eigenvalue weighted by molar-refractivity contribution is -0.385. The number of nitrogens with zero attached hydrogens (tertiary/aromatic N) is 2. The van der Waals surface area contributed by atoms with E-state index >= 15 is 0 Å². The van der Waals surface area contributed by atoms with Gasteiger partial charge in [0.25, 0.3) is 5.69 Å². The van der Waals surface area contributed by atoms with Crippen LogP contribution in [-0.4, -0.2) is 15.8 Å². The Morgan fingerprint density at radius 2 is 2.35 bits per heavy atom. The molecule has 0 atom stereocenters. The Balaban J connectivity index is 2.57. The minimum atomic E-state index is -0.568. The Bertz CT molecular complexity index is 465. The monoisotopic (exact) mass is 233 g/mol. The van der Waals surface area contributed by atoms with Crippen LogP contribution in [0.3, 0.4) is 0 Å². The molecule has 0 aliphatic rings. The minimum absolute atomic E-state index is 0.161. The van der Waals surface area contributed by atoms with Crippen LogP contribution in [0.4, 0.5) is 11.4 Å². The van der Waals surface area contributed by atoms with Gasteiger partial charge in [-0.05, 0) is 6.42 Å². The molecule has 17 heavy (non-hydrogen) atoms. The second-order valence-corrected chi connectivity index (χ2v) is 3.29. The van der Waals surface area contributed by atoms with E-state index in [0.29, 0.717) is 18.5 Å². The fraction of sp³-hybridized carbons (Fsp3) is 0.273. The number of nitro groups is 1. The molecule has 6 nitrogen and oxygen atoms in total. The zero-order valence-corrected chi connectivity index (χ0v) is 9.05. The van der Waals surface area contributed by atoms with E-state index in [2.05, 4.69) is 16.2 Å². The van der Waals surface area contributed by atoms with Crippen molar-refractivity contribution in [1.82, 2.24) is 4.98 Å². The third-order valence-corrected chi connectivity index (χ3v) is 1.94. The van der Waals surface area contributed by atoms with Crippen LogP contribution in [0.15, 0.2) is 18.5 Å². The number of carbonyl (C=O) groups excluding carboxylic acids is 1. The molecule has 1 amide bonds. The molecule has 0 unspecified atom stereocenters. The molecule has 0 fully saturated rings. The summed E-state index contributed by atoms with van der Waals surface area (Å²) in [5.74, 6) is 2.20. The third kappa shape index (κ3) is 4.30. The van der Waals surface area contributed by atoms with Gasteiger partial charge in [0.05, 0.1) is 16.8 Å². The average molecular weight is 233 g/mol. The number of carbonyl (C=O) groups is 1. The molecule has 0 radical (unpaired) electrons. The van der Waals surface area contributed by atoms with Gasteiger partial charge in [0.1, 0.15) is 6.20 Å². The van der Waals surface area contributed by atoms with E-state index in [1.807, 2.05) is 0 Å². The van der Waals surface area contributed by atoms with Gasteiger partial charge in [-0.3, -0.25) is 19.9 Å². The number of pyridine rings is 1. The minimum Gasteiger partial charge on any atom is -0.325 e. The van der Waals surface area contributed by atoms with Gasteiger partial charge in [-0.25, -0.2) is 0 Å². The number of anilines is 1. The first-order valence-electron chi connectivity index (χ1n) is 4.96. The molecule has 0 bridgehead atoms. The molecule has 0 aromatic carbocycles. The van der Waals surface area contributed by atoms with Crippen molar-refractivity contribution in [2.75, 3.05) is 5.32 Å². The summed E-state index contributed by atoms with van der Waals surface area (Å²) in [7, 11) is 0. The van der Waals surface area contributed by atoms with Gasteiger partial charge in [-0.1, -0.05) is 0 Å². The van der Waals surface area contributed by atoms with Crippen molar-refractivity contribution < 1.29 is 9.72 Å². The van der Waals surface area contributed by atoms with Gasteiger partial charge in [0.2, 0.25) is 5.91 Å². The first kappa shape index (κ1) is 12.6. The highest BCUT2D eigenvalue weighted by Crippen LogP contribution is 2.15. The molecule has 1 rings (SSSR count). The van der Waals surface area contributed by atoms with Crippen molar-refractivity contribution in [2.45, 2.75) is 19.3 Å². The second-order valence-electron chi connectivity index (χ2n) is 3.29. The fourth-order valence-corrected chi connectivity index (χ4v) is 1.17. The summed E-state index contributed by atoms with van der Waals surface area (Å²) in [5, 5.41) is 13.0. The first-order chi connectivity index (χ1) is 8.13. The Kier molecular flexibility index (Phi) is 4.63. The Morgan fingerprint density at radius 1 is 1.59 bits per heavy atom. The van der Waals surface area contributed by atoms with Crippen LogP contribution in [0.5, 0.6) is 0 Å². The van der Waals surface area contributed by atoms with Crippen LogP contribution in [0.2, 0.25) is 0 Å². The highest BCUT2D eigenvalue weighted by atomic mass is 16.6. The number of amides is 1. The summed E-state index contributed by atoms with van der Waals surface area (Å²) in [6.07, 6.45) is 8.93.